The molecule has 1 nitrogen and oxygen atoms in total. The van der Waals surface area contributed by atoms with Crippen molar-refractivity contribution in [2.24, 2.45) is 0 Å². The molecule has 0 bridgehead atoms. The highest BCUT2D eigenvalue weighted by atomic mass is 19.4. The first-order valence-corrected chi connectivity index (χ1v) is 6.13. The largest absolute Gasteiger partial charge is 0.508 e. The monoisotopic (exact) mass is 277 g/mol. The average Bonchev–Trinajstić information content (AvgIpc) is 2.45. The van der Waals surface area contributed by atoms with Crippen molar-refractivity contribution < 1.29 is 17.7 Å². The molecule has 0 aliphatic heterocycles. The van der Waals surface area contributed by atoms with Crippen LogP contribution in [-0.4, -0.2) is 13.6 Å². The fourth-order valence-corrected chi connectivity index (χ4v) is 1.71. The average molecular weight is 277 g/mol. The van der Waals surface area contributed by atoms with Gasteiger partial charge < -0.3 is 17.7 Å². The first-order chi connectivity index (χ1) is 9.48. The summed E-state index contributed by atoms with van der Waals surface area (Å²) in [6.07, 6.45) is 0. The fourth-order valence-electron chi connectivity index (χ4n) is 1.71. The van der Waals surface area contributed by atoms with Crippen LogP contribution in [0.15, 0.2) is 66.6 Å². The molecule has 0 heterocycles. The molecule has 5 heteroatoms. The number of hydrogen-bond donors (Lipinski definition) is 0. The van der Waals surface area contributed by atoms with Crippen molar-refractivity contribution in [1.29, 1.82) is 0 Å². The first kappa shape index (κ1) is 14.2. The van der Waals surface area contributed by atoms with E-state index in [0.717, 1.165) is 11.1 Å². The smallest absolute Gasteiger partial charge is 0.492 e. The lowest BCUT2D eigenvalue weighted by atomic mass is 9.81. The summed E-state index contributed by atoms with van der Waals surface area (Å²) in [6.45, 7) is -2.59. The molecule has 2 aromatic rings. The maximum absolute atomic E-state index is 12.5. The Hall–Kier alpha value is -2.17. The van der Waals surface area contributed by atoms with Crippen LogP contribution >= 0.6 is 0 Å². The topological polar surface area (TPSA) is 9.23 Å². The predicted octanol–water partition coefficient (Wildman–Crippen LogP) is 4.68. The zero-order chi connectivity index (χ0) is 14.6. The SMILES string of the molecule is C=C(COc1ccccc1-c1ccccc1)[B-](F)(F)F. The van der Waals surface area contributed by atoms with E-state index in [4.69, 9.17) is 4.74 Å². The minimum Gasteiger partial charge on any atom is -0.492 e. The van der Waals surface area contributed by atoms with Crippen molar-refractivity contribution in [1.82, 2.24) is 0 Å². The maximum atomic E-state index is 12.5. The van der Waals surface area contributed by atoms with Crippen molar-refractivity contribution in [3.63, 3.8) is 0 Å². The summed E-state index contributed by atoms with van der Waals surface area (Å²) in [5.41, 5.74) is 0.815. The number of halogens is 3. The van der Waals surface area contributed by atoms with E-state index in [2.05, 4.69) is 6.58 Å². The van der Waals surface area contributed by atoms with Gasteiger partial charge in [0.2, 0.25) is 0 Å². The van der Waals surface area contributed by atoms with Crippen LogP contribution in [0.4, 0.5) is 12.9 Å². The molecule has 0 aliphatic rings. The third kappa shape index (κ3) is 3.44. The van der Waals surface area contributed by atoms with Crippen LogP contribution in [0.3, 0.4) is 0 Å². The highest BCUT2D eigenvalue weighted by molar-refractivity contribution is 6.66. The van der Waals surface area contributed by atoms with Crippen molar-refractivity contribution in [3.05, 3.63) is 66.6 Å². The number of ether oxygens (including phenoxy) is 1. The third-order valence-electron chi connectivity index (χ3n) is 2.85. The minimum atomic E-state index is -5.06. The molecule has 104 valence electrons. The molecule has 0 aromatic heterocycles. The summed E-state index contributed by atoms with van der Waals surface area (Å²) in [6, 6.07) is 16.4. The highest BCUT2D eigenvalue weighted by Crippen LogP contribution is 2.30. The molecule has 0 spiro atoms. The van der Waals surface area contributed by atoms with Gasteiger partial charge in [0.25, 0.3) is 0 Å². The summed E-state index contributed by atoms with van der Waals surface area (Å²) in [7, 11) is 0. The molecule has 0 aliphatic carbocycles. The standard InChI is InChI=1S/C15H13BF3O/c1-12(16(17,18)19)11-20-15-10-6-5-9-14(15)13-7-3-2-4-8-13/h2-10H,1,11H2/q-1. The Kier molecular flexibility index (Phi) is 4.18. The molecule has 0 amide bonds. The van der Waals surface area contributed by atoms with Crippen molar-refractivity contribution in [3.8, 4) is 16.9 Å². The number of hydrogen-bond acceptors (Lipinski definition) is 1. The van der Waals surface area contributed by atoms with Gasteiger partial charge in [-0.1, -0.05) is 48.5 Å². The molecule has 0 N–H and O–H groups in total. The van der Waals surface area contributed by atoms with Crippen LogP contribution in [-0.2, 0) is 0 Å². The van der Waals surface area contributed by atoms with Crippen LogP contribution in [0.1, 0.15) is 0 Å². The van der Waals surface area contributed by atoms with Gasteiger partial charge in [0.1, 0.15) is 5.75 Å². The molecule has 2 rings (SSSR count). The van der Waals surface area contributed by atoms with Crippen LogP contribution in [0.5, 0.6) is 5.75 Å². The lowest BCUT2D eigenvalue weighted by Gasteiger charge is -2.19. The van der Waals surface area contributed by atoms with E-state index in [1.807, 2.05) is 42.5 Å². The van der Waals surface area contributed by atoms with Gasteiger partial charge in [0, 0.05) is 5.56 Å². The summed E-state index contributed by atoms with van der Waals surface area (Å²) in [5, 5.41) is 0. The Morgan fingerprint density at radius 1 is 0.950 bits per heavy atom. The number of benzene rings is 2. The summed E-state index contributed by atoms with van der Waals surface area (Å²) in [4.78, 5) is 0. The van der Waals surface area contributed by atoms with Crippen LogP contribution in [0.25, 0.3) is 11.1 Å². The summed E-state index contributed by atoms with van der Waals surface area (Å²) in [5.74, 6) is 0.417. The zero-order valence-corrected chi connectivity index (χ0v) is 10.7. The zero-order valence-electron chi connectivity index (χ0n) is 10.7. The van der Waals surface area contributed by atoms with Gasteiger partial charge >= 0.3 is 6.98 Å². The van der Waals surface area contributed by atoms with Gasteiger partial charge in [-0.15, -0.1) is 12.1 Å². The fraction of sp³-hybridized carbons (Fsp3) is 0.0667. The van der Waals surface area contributed by atoms with Gasteiger partial charge in [0.15, 0.2) is 0 Å². The molecule has 0 radical (unpaired) electrons. The lowest BCUT2D eigenvalue weighted by molar-refractivity contribution is 0.348. The van der Waals surface area contributed by atoms with E-state index in [9.17, 15) is 12.9 Å². The molecular formula is C15H13BF3O-. The molecule has 0 unspecified atom stereocenters. The van der Waals surface area contributed by atoms with E-state index in [1.54, 1.807) is 12.1 Å². The molecule has 0 atom stereocenters. The summed E-state index contributed by atoms with van der Waals surface area (Å²) >= 11 is 0. The van der Waals surface area contributed by atoms with E-state index in [-0.39, 0.29) is 0 Å². The number of para-hydroxylation sites is 1. The van der Waals surface area contributed by atoms with E-state index < -0.39 is 19.1 Å². The maximum Gasteiger partial charge on any atom is 0.508 e. The Bertz CT molecular complexity index is 594. The quantitative estimate of drug-likeness (QED) is 0.721. The van der Waals surface area contributed by atoms with Crippen LogP contribution < -0.4 is 4.74 Å². The molecule has 20 heavy (non-hydrogen) atoms. The molecular weight excluding hydrogens is 264 g/mol. The Balaban J connectivity index is 2.20. The van der Waals surface area contributed by atoms with E-state index in [1.165, 1.54) is 0 Å². The first-order valence-electron chi connectivity index (χ1n) is 6.13. The van der Waals surface area contributed by atoms with Gasteiger partial charge in [-0.3, -0.25) is 0 Å². The van der Waals surface area contributed by atoms with Crippen LogP contribution in [0, 0.1) is 0 Å². The van der Waals surface area contributed by atoms with Gasteiger partial charge in [0.05, 0.1) is 6.61 Å². The second-order valence-corrected chi connectivity index (χ2v) is 4.38. The second kappa shape index (κ2) is 5.86. The third-order valence-corrected chi connectivity index (χ3v) is 2.85. The Labute approximate surface area is 115 Å². The Morgan fingerprint density at radius 2 is 1.55 bits per heavy atom. The van der Waals surface area contributed by atoms with Crippen molar-refractivity contribution in [2.75, 3.05) is 6.61 Å². The van der Waals surface area contributed by atoms with Gasteiger partial charge in [-0.05, 0) is 11.6 Å². The number of rotatable bonds is 5. The molecule has 0 saturated heterocycles. The van der Waals surface area contributed by atoms with Gasteiger partial charge in [-0.2, -0.15) is 0 Å². The highest BCUT2D eigenvalue weighted by Gasteiger charge is 2.27. The lowest BCUT2D eigenvalue weighted by Crippen LogP contribution is -2.23. The van der Waals surface area contributed by atoms with E-state index in [0.29, 0.717) is 5.75 Å². The molecule has 0 fully saturated rings. The second-order valence-electron chi connectivity index (χ2n) is 4.38. The normalized spacial score (nSPS) is 11.2. The summed E-state index contributed by atoms with van der Waals surface area (Å²) < 4.78 is 42.7. The van der Waals surface area contributed by atoms with Crippen molar-refractivity contribution in [2.45, 2.75) is 0 Å². The van der Waals surface area contributed by atoms with Crippen LogP contribution in [0.2, 0.25) is 0 Å². The van der Waals surface area contributed by atoms with Crippen molar-refractivity contribution >= 4 is 6.98 Å². The molecule has 2 aromatic carbocycles. The van der Waals surface area contributed by atoms with Gasteiger partial charge in [-0.25, -0.2) is 0 Å². The Morgan fingerprint density at radius 3 is 2.20 bits per heavy atom. The minimum absolute atomic E-state index is 0.417. The van der Waals surface area contributed by atoms with E-state index >= 15 is 0 Å². The molecule has 0 saturated carbocycles. The predicted molar refractivity (Wildman–Crippen MR) is 75.6 cm³/mol.